The zero-order valence-corrected chi connectivity index (χ0v) is 11.2. The first kappa shape index (κ1) is 14.7. The first-order chi connectivity index (χ1) is 8.81. The molecule has 1 aromatic carbocycles. The van der Waals surface area contributed by atoms with E-state index in [2.05, 4.69) is 24.1 Å². The average molecular weight is 248 g/mol. The molecule has 0 heterocycles. The molecule has 0 aliphatic carbocycles. The second kappa shape index (κ2) is 8.72. The Kier molecular flexibility index (Phi) is 7.14. The van der Waals surface area contributed by atoms with Gasteiger partial charge in [0.2, 0.25) is 0 Å². The summed E-state index contributed by atoms with van der Waals surface area (Å²) < 4.78 is 5.15. The second-order valence-electron chi connectivity index (χ2n) is 4.42. The summed E-state index contributed by atoms with van der Waals surface area (Å²) in [6.07, 6.45) is 7.74. The number of allylic oxidation sites excluding steroid dienone is 1. The third-order valence-corrected chi connectivity index (χ3v) is 3.12. The molecule has 1 rings (SSSR count). The summed E-state index contributed by atoms with van der Waals surface area (Å²) in [6.45, 7) is 3.73. The van der Waals surface area contributed by atoms with Crippen molar-refractivity contribution < 1.29 is 4.74 Å². The highest BCUT2D eigenvalue weighted by atomic mass is 16.5. The van der Waals surface area contributed by atoms with Gasteiger partial charge in [0.25, 0.3) is 0 Å². The van der Waals surface area contributed by atoms with Crippen LogP contribution in [0.3, 0.4) is 0 Å². The number of benzene rings is 1. The van der Waals surface area contributed by atoms with Crippen LogP contribution in [0.2, 0.25) is 0 Å². The fraction of sp³-hybridized carbons (Fsp3) is 0.467. The van der Waals surface area contributed by atoms with Crippen molar-refractivity contribution in [3.05, 3.63) is 42.5 Å². The molecule has 0 saturated heterocycles. The maximum atomic E-state index is 5.62. The minimum atomic E-state index is 0.222. The number of ether oxygens (including phenoxy) is 1. The van der Waals surface area contributed by atoms with E-state index in [1.54, 1.807) is 7.11 Å². The van der Waals surface area contributed by atoms with Crippen LogP contribution in [0.25, 0.3) is 0 Å². The van der Waals surface area contributed by atoms with Crippen LogP contribution in [-0.4, -0.2) is 7.11 Å². The maximum absolute atomic E-state index is 5.62. The summed E-state index contributed by atoms with van der Waals surface area (Å²) in [5.41, 5.74) is 4.10. The van der Waals surface area contributed by atoms with Gasteiger partial charge in [-0.15, -0.1) is 6.58 Å². The highest BCUT2D eigenvalue weighted by molar-refractivity contribution is 5.28. The Morgan fingerprint density at radius 3 is 2.56 bits per heavy atom. The van der Waals surface area contributed by atoms with E-state index in [4.69, 9.17) is 10.6 Å². The number of unbranched alkanes of at least 4 members (excludes halogenated alkanes) is 3. The smallest absolute Gasteiger partial charge is 0.118 e. The summed E-state index contributed by atoms with van der Waals surface area (Å²) in [7, 11) is 1.67. The van der Waals surface area contributed by atoms with Gasteiger partial charge in [-0.2, -0.15) is 0 Å². The van der Waals surface area contributed by atoms with Crippen molar-refractivity contribution in [2.45, 2.75) is 38.1 Å². The molecule has 0 saturated carbocycles. The topological polar surface area (TPSA) is 47.3 Å². The van der Waals surface area contributed by atoms with E-state index in [9.17, 15) is 0 Å². The Morgan fingerprint density at radius 2 is 2.00 bits per heavy atom. The molecule has 100 valence electrons. The fourth-order valence-corrected chi connectivity index (χ4v) is 2.00. The normalized spacial score (nSPS) is 12.1. The Labute approximate surface area is 110 Å². The van der Waals surface area contributed by atoms with E-state index in [0.717, 1.165) is 18.6 Å². The highest BCUT2D eigenvalue weighted by Crippen LogP contribution is 2.21. The third kappa shape index (κ3) is 4.90. The zero-order valence-electron chi connectivity index (χ0n) is 11.2. The third-order valence-electron chi connectivity index (χ3n) is 3.12. The SMILES string of the molecule is C=CCCCCCC(NN)c1ccc(OC)cc1. The van der Waals surface area contributed by atoms with Crippen molar-refractivity contribution in [1.82, 2.24) is 5.43 Å². The quantitative estimate of drug-likeness (QED) is 0.305. The van der Waals surface area contributed by atoms with Crippen molar-refractivity contribution in [3.8, 4) is 5.75 Å². The minimum absolute atomic E-state index is 0.222. The number of nitrogens with one attached hydrogen (secondary N) is 1. The molecule has 3 N–H and O–H groups in total. The zero-order chi connectivity index (χ0) is 13.2. The lowest BCUT2D eigenvalue weighted by Gasteiger charge is -2.16. The Bertz CT molecular complexity index is 335. The lowest BCUT2D eigenvalue weighted by atomic mass is 10.0. The molecule has 1 aromatic rings. The summed E-state index contributed by atoms with van der Waals surface area (Å²) in [4.78, 5) is 0. The summed E-state index contributed by atoms with van der Waals surface area (Å²) in [5.74, 6) is 6.49. The first-order valence-corrected chi connectivity index (χ1v) is 6.52. The van der Waals surface area contributed by atoms with Gasteiger partial charge in [-0.1, -0.05) is 31.1 Å². The molecule has 3 heteroatoms. The molecule has 0 aliphatic rings. The van der Waals surface area contributed by atoms with Gasteiger partial charge in [0, 0.05) is 6.04 Å². The van der Waals surface area contributed by atoms with Gasteiger partial charge in [0.1, 0.15) is 5.75 Å². The largest absolute Gasteiger partial charge is 0.497 e. The molecule has 3 nitrogen and oxygen atoms in total. The van der Waals surface area contributed by atoms with Crippen LogP contribution >= 0.6 is 0 Å². The number of hydrazine groups is 1. The van der Waals surface area contributed by atoms with E-state index >= 15 is 0 Å². The molecular formula is C15H24N2O. The van der Waals surface area contributed by atoms with Crippen LogP contribution in [0.1, 0.15) is 43.7 Å². The summed E-state index contributed by atoms with van der Waals surface area (Å²) in [5, 5.41) is 0. The average Bonchev–Trinajstić information content (AvgIpc) is 2.43. The van der Waals surface area contributed by atoms with Crippen LogP contribution in [0, 0.1) is 0 Å². The van der Waals surface area contributed by atoms with E-state index in [1.807, 2.05) is 18.2 Å². The van der Waals surface area contributed by atoms with Gasteiger partial charge < -0.3 is 4.74 Å². The van der Waals surface area contributed by atoms with Crippen molar-refractivity contribution in [2.24, 2.45) is 5.84 Å². The van der Waals surface area contributed by atoms with Crippen LogP contribution in [-0.2, 0) is 0 Å². The van der Waals surface area contributed by atoms with Crippen LogP contribution in [0.4, 0.5) is 0 Å². The number of hydrogen-bond donors (Lipinski definition) is 2. The van der Waals surface area contributed by atoms with E-state index < -0.39 is 0 Å². The predicted octanol–water partition coefficient (Wildman–Crippen LogP) is 3.34. The van der Waals surface area contributed by atoms with Crippen molar-refractivity contribution in [1.29, 1.82) is 0 Å². The number of rotatable bonds is 9. The van der Waals surface area contributed by atoms with Crippen LogP contribution in [0.15, 0.2) is 36.9 Å². The number of methoxy groups -OCH3 is 1. The molecule has 1 atom stereocenters. The lowest BCUT2D eigenvalue weighted by molar-refractivity contribution is 0.414. The molecule has 0 aromatic heterocycles. The second-order valence-corrected chi connectivity index (χ2v) is 4.42. The standard InChI is InChI=1S/C15H24N2O/c1-3-4-5-6-7-8-15(17-16)13-9-11-14(18-2)12-10-13/h3,9-12,15,17H,1,4-8,16H2,2H3. The van der Waals surface area contributed by atoms with Gasteiger partial charge in [-0.25, -0.2) is 0 Å². The van der Waals surface area contributed by atoms with Crippen LogP contribution in [0.5, 0.6) is 5.75 Å². The molecule has 18 heavy (non-hydrogen) atoms. The van der Waals surface area contributed by atoms with Gasteiger partial charge in [0.15, 0.2) is 0 Å². The summed E-state index contributed by atoms with van der Waals surface area (Å²) in [6, 6.07) is 8.29. The molecule has 0 aliphatic heterocycles. The van der Waals surface area contributed by atoms with Gasteiger partial charge >= 0.3 is 0 Å². The lowest BCUT2D eigenvalue weighted by Crippen LogP contribution is -2.27. The summed E-state index contributed by atoms with van der Waals surface area (Å²) >= 11 is 0. The van der Waals surface area contributed by atoms with Crippen molar-refractivity contribution in [2.75, 3.05) is 7.11 Å². The van der Waals surface area contributed by atoms with E-state index in [0.29, 0.717) is 0 Å². The van der Waals surface area contributed by atoms with Gasteiger partial charge in [-0.05, 0) is 37.0 Å². The highest BCUT2D eigenvalue weighted by Gasteiger charge is 2.08. The number of hydrogen-bond acceptors (Lipinski definition) is 3. The Hall–Kier alpha value is -1.32. The molecule has 0 bridgehead atoms. The molecule has 0 radical (unpaired) electrons. The molecule has 0 amide bonds. The Morgan fingerprint density at radius 1 is 1.28 bits per heavy atom. The fourth-order valence-electron chi connectivity index (χ4n) is 2.00. The van der Waals surface area contributed by atoms with E-state index in [-0.39, 0.29) is 6.04 Å². The molecule has 0 fully saturated rings. The van der Waals surface area contributed by atoms with Gasteiger partial charge in [-0.3, -0.25) is 11.3 Å². The molecular weight excluding hydrogens is 224 g/mol. The van der Waals surface area contributed by atoms with Gasteiger partial charge in [0.05, 0.1) is 7.11 Å². The van der Waals surface area contributed by atoms with E-state index in [1.165, 1.54) is 24.8 Å². The predicted molar refractivity (Wildman–Crippen MR) is 76.3 cm³/mol. The minimum Gasteiger partial charge on any atom is -0.497 e. The van der Waals surface area contributed by atoms with Crippen molar-refractivity contribution in [3.63, 3.8) is 0 Å². The molecule has 1 unspecified atom stereocenters. The van der Waals surface area contributed by atoms with Crippen LogP contribution < -0.4 is 16.0 Å². The monoisotopic (exact) mass is 248 g/mol. The molecule has 0 spiro atoms. The first-order valence-electron chi connectivity index (χ1n) is 6.52. The number of nitrogens with two attached hydrogens (primary N) is 1. The maximum Gasteiger partial charge on any atom is 0.118 e. The Balaban J connectivity index is 2.41. The van der Waals surface area contributed by atoms with Crippen molar-refractivity contribution >= 4 is 0 Å².